The fourth-order valence-corrected chi connectivity index (χ4v) is 7.24. The first-order valence-corrected chi connectivity index (χ1v) is 17.8. The van der Waals surface area contributed by atoms with Crippen LogP contribution >= 0.6 is 0 Å². The maximum Gasteiger partial charge on any atom is 0.164 e. The molecule has 0 spiro atoms. The summed E-state index contributed by atoms with van der Waals surface area (Å²) in [6, 6.07) is 65.3. The Labute approximate surface area is 306 Å². The van der Waals surface area contributed by atoms with Crippen molar-refractivity contribution < 1.29 is 4.42 Å². The highest BCUT2D eigenvalue weighted by atomic mass is 16.3. The minimum atomic E-state index is 0.643. The average molecular weight is 678 g/mol. The molecule has 0 fully saturated rings. The Morgan fingerprint density at radius 1 is 0.283 bits per heavy atom. The first-order chi connectivity index (χ1) is 26.2. The molecule has 0 saturated carbocycles. The zero-order valence-electron chi connectivity index (χ0n) is 28.6. The lowest BCUT2D eigenvalue weighted by atomic mass is 9.93. The molecule has 0 aliphatic heterocycles. The van der Waals surface area contributed by atoms with Gasteiger partial charge in [-0.3, -0.25) is 0 Å². The summed E-state index contributed by atoms with van der Waals surface area (Å²) in [5, 5.41) is 4.52. The molecule has 0 saturated heterocycles. The Balaban J connectivity index is 1.01. The maximum absolute atomic E-state index is 6.51. The van der Waals surface area contributed by atoms with Gasteiger partial charge >= 0.3 is 0 Å². The predicted octanol–water partition coefficient (Wildman–Crippen LogP) is 12.9. The molecule has 2 heterocycles. The summed E-state index contributed by atoms with van der Waals surface area (Å²) < 4.78 is 6.51. The van der Waals surface area contributed by atoms with Crippen LogP contribution in [-0.2, 0) is 0 Å². The third-order valence-corrected chi connectivity index (χ3v) is 9.96. The van der Waals surface area contributed by atoms with Gasteiger partial charge in [-0.25, -0.2) is 15.0 Å². The van der Waals surface area contributed by atoms with Crippen molar-refractivity contribution in [1.29, 1.82) is 0 Å². The molecular weight excluding hydrogens is 647 g/mol. The van der Waals surface area contributed by atoms with Crippen LogP contribution in [0.15, 0.2) is 192 Å². The van der Waals surface area contributed by atoms with Crippen LogP contribution in [0, 0.1) is 0 Å². The first-order valence-electron chi connectivity index (χ1n) is 17.8. The van der Waals surface area contributed by atoms with Crippen molar-refractivity contribution >= 4 is 32.7 Å². The SMILES string of the molecule is c1ccc(-c2ccc3oc4c5ccccc5c(-c5ccc(-c6ccc(-c7nc(-c8ccccc8)nc(-c8ccccc8)n7)cc6)cc5)cc4c3c2)cc1. The monoisotopic (exact) mass is 677 g/mol. The highest BCUT2D eigenvalue weighted by Gasteiger charge is 2.16. The standard InChI is InChI=1S/C49H31N3O/c1-4-12-32(13-5-1)39-28-29-45-43(30-39)44-31-42(40-18-10-11-19-41(40)46(44)53-45)35-24-20-33(21-25-35)34-22-26-38(27-23-34)49-51-47(36-14-6-2-7-15-36)50-48(52-49)37-16-8-3-9-17-37/h1-31H. The second-order valence-corrected chi connectivity index (χ2v) is 13.2. The smallest absolute Gasteiger partial charge is 0.164 e. The molecule has 0 aliphatic carbocycles. The maximum atomic E-state index is 6.51. The summed E-state index contributed by atoms with van der Waals surface area (Å²) in [6.45, 7) is 0. The molecule has 4 heteroatoms. The fourth-order valence-electron chi connectivity index (χ4n) is 7.24. The van der Waals surface area contributed by atoms with Crippen LogP contribution in [0.25, 0.3) is 100 Å². The van der Waals surface area contributed by atoms with Crippen molar-refractivity contribution in [2.24, 2.45) is 0 Å². The normalized spacial score (nSPS) is 11.4. The van der Waals surface area contributed by atoms with E-state index in [0.717, 1.165) is 60.7 Å². The molecule has 248 valence electrons. The molecule has 0 atom stereocenters. The van der Waals surface area contributed by atoms with E-state index in [9.17, 15) is 0 Å². The molecule has 10 rings (SSSR count). The molecule has 8 aromatic carbocycles. The first kappa shape index (κ1) is 30.6. The zero-order chi connectivity index (χ0) is 35.1. The van der Waals surface area contributed by atoms with Crippen molar-refractivity contribution in [1.82, 2.24) is 15.0 Å². The Kier molecular flexibility index (Phi) is 7.43. The Morgan fingerprint density at radius 2 is 0.698 bits per heavy atom. The molecule has 0 amide bonds. The third kappa shape index (κ3) is 5.63. The van der Waals surface area contributed by atoms with E-state index in [1.165, 1.54) is 22.1 Å². The van der Waals surface area contributed by atoms with Gasteiger partial charge in [0.15, 0.2) is 17.5 Å². The average Bonchev–Trinajstić information content (AvgIpc) is 3.62. The Bertz CT molecular complexity index is 2840. The minimum Gasteiger partial charge on any atom is -0.455 e. The van der Waals surface area contributed by atoms with Gasteiger partial charge in [0.05, 0.1) is 0 Å². The predicted molar refractivity (Wildman–Crippen MR) is 217 cm³/mol. The van der Waals surface area contributed by atoms with E-state index in [2.05, 4.69) is 127 Å². The van der Waals surface area contributed by atoms with E-state index >= 15 is 0 Å². The highest BCUT2D eigenvalue weighted by molar-refractivity contribution is 6.19. The van der Waals surface area contributed by atoms with Gasteiger partial charge in [0.25, 0.3) is 0 Å². The molecule has 0 unspecified atom stereocenters. The van der Waals surface area contributed by atoms with Crippen molar-refractivity contribution in [2.75, 3.05) is 0 Å². The lowest BCUT2D eigenvalue weighted by Crippen LogP contribution is -2.00. The van der Waals surface area contributed by atoms with Gasteiger partial charge in [0, 0.05) is 32.8 Å². The van der Waals surface area contributed by atoms with Crippen LogP contribution in [-0.4, -0.2) is 15.0 Å². The summed E-state index contributed by atoms with van der Waals surface area (Å²) >= 11 is 0. The van der Waals surface area contributed by atoms with Crippen molar-refractivity contribution in [3.8, 4) is 67.5 Å². The number of fused-ring (bicyclic) bond motifs is 5. The number of hydrogen-bond donors (Lipinski definition) is 0. The van der Waals surface area contributed by atoms with Crippen molar-refractivity contribution in [2.45, 2.75) is 0 Å². The van der Waals surface area contributed by atoms with Crippen LogP contribution in [0.1, 0.15) is 0 Å². The number of benzene rings is 8. The number of furan rings is 1. The highest BCUT2D eigenvalue weighted by Crippen LogP contribution is 2.41. The fraction of sp³-hybridized carbons (Fsp3) is 0. The van der Waals surface area contributed by atoms with Crippen LogP contribution < -0.4 is 0 Å². The lowest BCUT2D eigenvalue weighted by molar-refractivity contribution is 0.673. The summed E-state index contributed by atoms with van der Waals surface area (Å²) in [5.74, 6) is 1.95. The van der Waals surface area contributed by atoms with Crippen molar-refractivity contribution in [3.05, 3.63) is 188 Å². The molecular formula is C49H31N3O. The number of nitrogens with zero attached hydrogens (tertiary/aromatic N) is 3. The Hall–Kier alpha value is -7.17. The number of aromatic nitrogens is 3. The second kappa shape index (κ2) is 12.9. The van der Waals surface area contributed by atoms with E-state index in [4.69, 9.17) is 19.4 Å². The molecule has 2 aromatic heterocycles. The molecule has 0 bridgehead atoms. The van der Waals surface area contributed by atoms with Gasteiger partial charge in [-0.15, -0.1) is 0 Å². The molecule has 53 heavy (non-hydrogen) atoms. The van der Waals surface area contributed by atoms with E-state index < -0.39 is 0 Å². The van der Waals surface area contributed by atoms with E-state index in [0.29, 0.717) is 17.5 Å². The van der Waals surface area contributed by atoms with Gasteiger partial charge in [0.2, 0.25) is 0 Å². The van der Waals surface area contributed by atoms with Gasteiger partial charge in [-0.05, 0) is 57.0 Å². The largest absolute Gasteiger partial charge is 0.455 e. The summed E-state index contributed by atoms with van der Waals surface area (Å²) in [7, 11) is 0. The zero-order valence-corrected chi connectivity index (χ0v) is 28.6. The number of rotatable bonds is 6. The molecule has 10 aromatic rings. The molecule has 0 N–H and O–H groups in total. The van der Waals surface area contributed by atoms with Gasteiger partial charge in [0.1, 0.15) is 11.2 Å². The second-order valence-electron chi connectivity index (χ2n) is 13.2. The summed E-state index contributed by atoms with van der Waals surface area (Å²) in [5.41, 5.74) is 11.6. The van der Waals surface area contributed by atoms with E-state index in [1.807, 2.05) is 60.7 Å². The molecule has 0 radical (unpaired) electrons. The van der Waals surface area contributed by atoms with Gasteiger partial charge in [-0.2, -0.15) is 0 Å². The van der Waals surface area contributed by atoms with E-state index in [-0.39, 0.29) is 0 Å². The molecule has 4 nitrogen and oxygen atoms in total. The van der Waals surface area contributed by atoms with Crippen molar-refractivity contribution in [3.63, 3.8) is 0 Å². The summed E-state index contributed by atoms with van der Waals surface area (Å²) in [6.07, 6.45) is 0. The van der Waals surface area contributed by atoms with E-state index in [1.54, 1.807) is 0 Å². The van der Waals surface area contributed by atoms with Gasteiger partial charge in [-0.1, -0.05) is 170 Å². The minimum absolute atomic E-state index is 0.643. The van der Waals surface area contributed by atoms with Crippen LogP contribution in [0.4, 0.5) is 0 Å². The topological polar surface area (TPSA) is 51.8 Å². The van der Waals surface area contributed by atoms with Crippen LogP contribution in [0.3, 0.4) is 0 Å². The third-order valence-electron chi connectivity index (χ3n) is 9.96. The Morgan fingerprint density at radius 3 is 1.26 bits per heavy atom. The van der Waals surface area contributed by atoms with Gasteiger partial charge < -0.3 is 4.42 Å². The summed E-state index contributed by atoms with van der Waals surface area (Å²) in [4.78, 5) is 14.6. The van der Waals surface area contributed by atoms with Crippen LogP contribution in [0.2, 0.25) is 0 Å². The van der Waals surface area contributed by atoms with Crippen LogP contribution in [0.5, 0.6) is 0 Å². The number of hydrogen-bond acceptors (Lipinski definition) is 4. The quantitative estimate of drug-likeness (QED) is 0.176. The lowest BCUT2D eigenvalue weighted by Gasteiger charge is -2.10. The molecule has 0 aliphatic rings.